The van der Waals surface area contributed by atoms with Gasteiger partial charge in [0.05, 0.1) is 5.69 Å². The first-order valence-electron chi connectivity index (χ1n) is 4.31. The van der Waals surface area contributed by atoms with Crippen LogP contribution in [0.2, 0.25) is 0 Å². The average Bonchev–Trinajstić information content (AvgIpc) is 2.26. The standard InChI is InChI=1S/C11H7BrFN3/c1-7-2-11(9(12)3-10(7)13)16-6-8(4-14)5-15/h2-3,6,16H,1H3. The fourth-order valence-electron chi connectivity index (χ4n) is 1.01. The van der Waals surface area contributed by atoms with Crippen LogP contribution in [0, 0.1) is 35.4 Å². The molecule has 3 nitrogen and oxygen atoms in total. The summed E-state index contributed by atoms with van der Waals surface area (Å²) in [5, 5.41) is 19.8. The number of aryl methyl sites for hydroxylation is 1. The minimum atomic E-state index is -0.317. The van der Waals surface area contributed by atoms with Crippen molar-refractivity contribution in [2.45, 2.75) is 6.92 Å². The van der Waals surface area contributed by atoms with Gasteiger partial charge in [-0.3, -0.25) is 0 Å². The second kappa shape index (κ2) is 5.29. The molecule has 0 aliphatic rings. The van der Waals surface area contributed by atoms with E-state index >= 15 is 0 Å². The van der Waals surface area contributed by atoms with Crippen molar-refractivity contribution < 1.29 is 4.39 Å². The van der Waals surface area contributed by atoms with Crippen molar-refractivity contribution in [1.82, 2.24) is 0 Å². The summed E-state index contributed by atoms with van der Waals surface area (Å²) in [4.78, 5) is 0. The minimum absolute atomic E-state index is 0.0473. The zero-order valence-corrected chi connectivity index (χ0v) is 9.97. The van der Waals surface area contributed by atoms with Crippen LogP contribution in [0.15, 0.2) is 28.4 Å². The van der Waals surface area contributed by atoms with Gasteiger partial charge in [0.1, 0.15) is 23.5 Å². The van der Waals surface area contributed by atoms with E-state index in [1.165, 1.54) is 12.3 Å². The van der Waals surface area contributed by atoms with Crippen LogP contribution in [0.25, 0.3) is 0 Å². The molecule has 0 bridgehead atoms. The lowest BCUT2D eigenvalue weighted by Crippen LogP contribution is -1.93. The first-order chi connectivity index (χ1) is 7.58. The van der Waals surface area contributed by atoms with Gasteiger partial charge < -0.3 is 5.32 Å². The number of halogens is 2. The average molecular weight is 280 g/mol. The molecule has 0 saturated heterocycles. The van der Waals surface area contributed by atoms with Gasteiger partial charge >= 0.3 is 0 Å². The number of nitrogens with zero attached hydrogens (tertiary/aromatic N) is 2. The van der Waals surface area contributed by atoms with Crippen LogP contribution in [0.3, 0.4) is 0 Å². The van der Waals surface area contributed by atoms with Crippen LogP contribution in [0.1, 0.15) is 5.56 Å². The quantitative estimate of drug-likeness (QED) is 0.846. The van der Waals surface area contributed by atoms with E-state index in [9.17, 15) is 4.39 Å². The Morgan fingerprint density at radius 3 is 2.62 bits per heavy atom. The second-order valence-electron chi connectivity index (χ2n) is 3.01. The van der Waals surface area contributed by atoms with Crippen molar-refractivity contribution in [1.29, 1.82) is 10.5 Å². The Hall–Kier alpha value is -1.85. The molecular formula is C11H7BrFN3. The van der Waals surface area contributed by atoms with E-state index in [4.69, 9.17) is 10.5 Å². The Morgan fingerprint density at radius 1 is 1.44 bits per heavy atom. The molecule has 1 aromatic rings. The smallest absolute Gasteiger partial charge is 0.145 e. The molecule has 0 saturated carbocycles. The van der Waals surface area contributed by atoms with Crippen molar-refractivity contribution in [3.05, 3.63) is 39.8 Å². The van der Waals surface area contributed by atoms with E-state index in [-0.39, 0.29) is 11.4 Å². The van der Waals surface area contributed by atoms with Crippen LogP contribution in [0.4, 0.5) is 10.1 Å². The maximum absolute atomic E-state index is 13.1. The highest BCUT2D eigenvalue weighted by Crippen LogP contribution is 2.25. The molecule has 1 aromatic carbocycles. The number of hydrogen-bond acceptors (Lipinski definition) is 3. The van der Waals surface area contributed by atoms with Crippen molar-refractivity contribution in [2.24, 2.45) is 0 Å². The number of anilines is 1. The van der Waals surface area contributed by atoms with E-state index in [2.05, 4.69) is 21.2 Å². The first kappa shape index (κ1) is 12.2. The van der Waals surface area contributed by atoms with Gasteiger partial charge in [0.2, 0.25) is 0 Å². The predicted octanol–water partition coefficient (Wildman–Crippen LogP) is 3.24. The van der Waals surface area contributed by atoms with Gasteiger partial charge in [0.15, 0.2) is 0 Å². The van der Waals surface area contributed by atoms with Crippen LogP contribution < -0.4 is 5.32 Å². The topological polar surface area (TPSA) is 59.6 Å². The summed E-state index contributed by atoms with van der Waals surface area (Å²) < 4.78 is 13.6. The summed E-state index contributed by atoms with van der Waals surface area (Å²) in [7, 11) is 0. The molecule has 0 heterocycles. The first-order valence-corrected chi connectivity index (χ1v) is 5.10. The summed E-state index contributed by atoms with van der Waals surface area (Å²) in [6.45, 7) is 1.63. The van der Waals surface area contributed by atoms with Crippen LogP contribution in [-0.2, 0) is 0 Å². The molecule has 0 unspecified atom stereocenters. The molecule has 0 aromatic heterocycles. The molecule has 1 rings (SSSR count). The Morgan fingerprint density at radius 2 is 2.06 bits per heavy atom. The van der Waals surface area contributed by atoms with E-state index in [0.717, 1.165) is 0 Å². The normalized spacial score (nSPS) is 8.81. The summed E-state index contributed by atoms with van der Waals surface area (Å²) >= 11 is 3.18. The van der Waals surface area contributed by atoms with E-state index in [1.54, 1.807) is 25.1 Å². The molecule has 80 valence electrons. The van der Waals surface area contributed by atoms with Gasteiger partial charge in [0, 0.05) is 10.7 Å². The number of nitriles is 2. The Labute approximate surface area is 101 Å². The zero-order chi connectivity index (χ0) is 12.1. The Kier molecular flexibility index (Phi) is 4.04. The number of rotatable bonds is 2. The lowest BCUT2D eigenvalue weighted by Gasteiger charge is -2.06. The van der Waals surface area contributed by atoms with Crippen molar-refractivity contribution in [3.63, 3.8) is 0 Å². The number of benzene rings is 1. The second-order valence-corrected chi connectivity index (χ2v) is 3.86. The van der Waals surface area contributed by atoms with Gasteiger partial charge in [-0.2, -0.15) is 10.5 Å². The molecule has 16 heavy (non-hydrogen) atoms. The minimum Gasteiger partial charge on any atom is -0.359 e. The highest BCUT2D eigenvalue weighted by atomic mass is 79.9. The van der Waals surface area contributed by atoms with Crippen molar-refractivity contribution in [3.8, 4) is 12.1 Å². The molecule has 0 atom stereocenters. The largest absolute Gasteiger partial charge is 0.359 e. The molecule has 0 aliphatic carbocycles. The summed E-state index contributed by atoms with van der Waals surface area (Å²) in [5.41, 5.74) is 1.03. The van der Waals surface area contributed by atoms with Gasteiger partial charge in [-0.05, 0) is 40.5 Å². The molecule has 0 spiro atoms. The number of allylic oxidation sites excluding steroid dienone is 1. The molecule has 5 heteroatoms. The highest BCUT2D eigenvalue weighted by molar-refractivity contribution is 9.10. The van der Waals surface area contributed by atoms with Crippen LogP contribution in [0.5, 0.6) is 0 Å². The zero-order valence-electron chi connectivity index (χ0n) is 8.38. The summed E-state index contributed by atoms with van der Waals surface area (Å²) in [6.07, 6.45) is 1.28. The molecule has 0 amide bonds. The summed E-state index contributed by atoms with van der Waals surface area (Å²) in [5.74, 6) is -0.317. The SMILES string of the molecule is Cc1cc(NC=C(C#N)C#N)c(Br)cc1F. The third kappa shape index (κ3) is 2.82. The molecule has 0 aliphatic heterocycles. The maximum atomic E-state index is 13.1. The lowest BCUT2D eigenvalue weighted by molar-refractivity contribution is 0.618. The molecule has 0 fully saturated rings. The van der Waals surface area contributed by atoms with Crippen LogP contribution >= 0.6 is 15.9 Å². The van der Waals surface area contributed by atoms with E-state index in [0.29, 0.717) is 15.7 Å². The molecular weight excluding hydrogens is 273 g/mol. The van der Waals surface area contributed by atoms with E-state index in [1.807, 2.05) is 0 Å². The predicted molar refractivity (Wildman–Crippen MR) is 61.8 cm³/mol. The van der Waals surface area contributed by atoms with Crippen molar-refractivity contribution in [2.75, 3.05) is 5.32 Å². The Bertz CT molecular complexity index is 507. The molecule has 1 N–H and O–H groups in total. The Balaban J connectivity index is 3.01. The van der Waals surface area contributed by atoms with Gasteiger partial charge in [-0.1, -0.05) is 0 Å². The summed E-state index contributed by atoms with van der Waals surface area (Å²) in [6, 6.07) is 6.34. The third-order valence-electron chi connectivity index (χ3n) is 1.86. The van der Waals surface area contributed by atoms with Gasteiger partial charge in [0.25, 0.3) is 0 Å². The maximum Gasteiger partial charge on any atom is 0.145 e. The van der Waals surface area contributed by atoms with Crippen molar-refractivity contribution >= 4 is 21.6 Å². The third-order valence-corrected chi connectivity index (χ3v) is 2.52. The number of hydrogen-bond donors (Lipinski definition) is 1. The monoisotopic (exact) mass is 279 g/mol. The highest BCUT2D eigenvalue weighted by Gasteiger charge is 2.04. The molecule has 0 radical (unpaired) electrons. The number of nitrogens with one attached hydrogen (secondary N) is 1. The van der Waals surface area contributed by atoms with Gasteiger partial charge in [-0.25, -0.2) is 4.39 Å². The fraction of sp³-hybridized carbons (Fsp3) is 0.0909. The van der Waals surface area contributed by atoms with Gasteiger partial charge in [-0.15, -0.1) is 0 Å². The lowest BCUT2D eigenvalue weighted by atomic mass is 10.2. The fourth-order valence-corrected chi connectivity index (χ4v) is 1.44. The van der Waals surface area contributed by atoms with Crippen LogP contribution in [-0.4, -0.2) is 0 Å². The van der Waals surface area contributed by atoms with E-state index < -0.39 is 0 Å².